The quantitative estimate of drug-likeness (QED) is 0.300. The molecular weight excluding hydrogens is 668 g/mol. The Kier molecular flexibility index (Phi) is 6.55. The number of aliphatic hydroxyl groups excluding tert-OH is 2. The number of halogens is 4. The summed E-state index contributed by atoms with van der Waals surface area (Å²) in [5, 5.41) is 31.8. The predicted molar refractivity (Wildman–Crippen MR) is 167 cm³/mol. The third kappa shape index (κ3) is 3.75. The van der Waals surface area contributed by atoms with Crippen molar-refractivity contribution in [3.05, 3.63) is 76.4 Å². The number of hydrogen-bond acceptors (Lipinski definition) is 9. The Morgan fingerprint density at radius 2 is 1.47 bits per heavy atom. The van der Waals surface area contributed by atoms with Crippen LogP contribution in [0.2, 0.25) is 0 Å². The van der Waals surface area contributed by atoms with Gasteiger partial charge in [0.05, 0.1) is 0 Å². The standard InChI is InChI=1S/C18H20F3NO5S.C17H18FNO2/c1-22-7-6-16-10-2-3-12(23)14(16)27-15-13(16)9(8-11(10)22)4-5-17(15,24)28(25,26)18(19,20)21;1-19-7-6-17-10-3-5-13(20)16(17)21-15-11(18)4-2-9(14(15)17)8-12(10)19/h2-4,10-12,14,23-24H,5-8H2,1H3;2-5,10,12-13,16,20H,6-8H2,1H3/t10-,11+,12-,14-,16-,17?;10-,12+,13-,16-,17-/m00/s1. The summed E-state index contributed by atoms with van der Waals surface area (Å²) in [6.07, 6.45) is 7.97. The number of aliphatic hydroxyl groups is 3. The summed E-state index contributed by atoms with van der Waals surface area (Å²) in [5.74, 6) is -0.266. The van der Waals surface area contributed by atoms with Crippen molar-refractivity contribution in [3.63, 3.8) is 0 Å². The van der Waals surface area contributed by atoms with Crippen molar-refractivity contribution in [2.75, 3.05) is 27.2 Å². The van der Waals surface area contributed by atoms with Crippen molar-refractivity contribution in [2.45, 2.75) is 84.5 Å². The summed E-state index contributed by atoms with van der Waals surface area (Å²) >= 11 is 0. The molecule has 4 aliphatic heterocycles. The Morgan fingerprint density at radius 1 is 0.878 bits per heavy atom. The van der Waals surface area contributed by atoms with Gasteiger partial charge in [0.15, 0.2) is 11.6 Å². The van der Waals surface area contributed by atoms with Gasteiger partial charge in [-0.2, -0.15) is 13.2 Å². The molecule has 3 N–H and O–H groups in total. The molecule has 3 fully saturated rings. The van der Waals surface area contributed by atoms with Crippen LogP contribution in [0.4, 0.5) is 17.6 Å². The number of ether oxygens (including phenoxy) is 2. The summed E-state index contributed by atoms with van der Waals surface area (Å²) in [6.45, 7) is 1.60. The van der Waals surface area contributed by atoms with E-state index in [9.17, 15) is 41.3 Å². The van der Waals surface area contributed by atoms with Crippen LogP contribution in [0.1, 0.15) is 36.8 Å². The van der Waals surface area contributed by atoms with Crippen molar-refractivity contribution in [3.8, 4) is 5.75 Å². The average Bonchev–Trinajstić information content (AvgIpc) is 3.60. The summed E-state index contributed by atoms with van der Waals surface area (Å²) in [7, 11) is -1.82. The Morgan fingerprint density at radius 3 is 2.12 bits per heavy atom. The van der Waals surface area contributed by atoms with Crippen molar-refractivity contribution < 1.29 is 50.8 Å². The molecule has 264 valence electrons. The summed E-state index contributed by atoms with van der Waals surface area (Å²) in [6, 6.07) is 3.91. The number of piperidine rings is 2. The second kappa shape index (κ2) is 9.97. The van der Waals surface area contributed by atoms with Crippen LogP contribution in [-0.2, 0) is 26.4 Å². The highest BCUT2D eigenvalue weighted by Crippen LogP contribution is 2.67. The van der Waals surface area contributed by atoms with Crippen LogP contribution in [0.3, 0.4) is 0 Å². The molecule has 0 radical (unpaired) electrons. The molecule has 5 aliphatic carbocycles. The number of sulfone groups is 1. The fourth-order valence-electron chi connectivity index (χ4n) is 11.1. The molecule has 1 aromatic carbocycles. The second-order valence-corrected chi connectivity index (χ2v) is 17.4. The van der Waals surface area contributed by atoms with Crippen LogP contribution in [-0.4, -0.2) is 108 Å². The number of likely N-dealkylation sites (N-methyl/N-ethyl adjacent to an activating group) is 1. The first-order valence-electron chi connectivity index (χ1n) is 16.8. The van der Waals surface area contributed by atoms with Gasteiger partial charge in [-0.1, -0.05) is 36.4 Å². The van der Waals surface area contributed by atoms with Gasteiger partial charge >= 0.3 is 5.51 Å². The Labute approximate surface area is 281 Å². The van der Waals surface area contributed by atoms with E-state index >= 15 is 0 Å². The number of benzene rings is 1. The van der Waals surface area contributed by atoms with Crippen LogP contribution in [0.15, 0.2) is 59.4 Å². The predicted octanol–water partition coefficient (Wildman–Crippen LogP) is 2.87. The van der Waals surface area contributed by atoms with E-state index in [1.54, 1.807) is 6.08 Å². The Balaban J connectivity index is 0.000000138. The summed E-state index contributed by atoms with van der Waals surface area (Å²) in [4.78, 5) is 1.37. The average molecular weight is 707 g/mol. The van der Waals surface area contributed by atoms with Crippen LogP contribution in [0.25, 0.3) is 0 Å². The highest BCUT2D eigenvalue weighted by Gasteiger charge is 2.72. The van der Waals surface area contributed by atoms with E-state index in [2.05, 4.69) is 22.9 Å². The largest absolute Gasteiger partial charge is 0.500 e. The topological polar surface area (TPSA) is 120 Å². The van der Waals surface area contributed by atoms with E-state index in [-0.39, 0.29) is 29.3 Å². The maximum absolute atomic E-state index is 14.2. The van der Waals surface area contributed by atoms with E-state index < -0.39 is 56.2 Å². The van der Waals surface area contributed by atoms with Crippen LogP contribution in [0.5, 0.6) is 5.75 Å². The fraction of sp³-hybridized carbons (Fsp3) is 0.600. The second-order valence-electron chi connectivity index (χ2n) is 15.2. The van der Waals surface area contributed by atoms with Crippen LogP contribution < -0.4 is 4.74 Å². The first-order chi connectivity index (χ1) is 23.1. The molecule has 49 heavy (non-hydrogen) atoms. The van der Waals surface area contributed by atoms with Gasteiger partial charge in [-0.25, -0.2) is 12.8 Å². The lowest BCUT2D eigenvalue weighted by molar-refractivity contribution is -0.0985. The van der Waals surface area contributed by atoms with E-state index in [1.807, 2.05) is 25.3 Å². The first-order valence-corrected chi connectivity index (χ1v) is 18.3. The molecule has 1 saturated carbocycles. The monoisotopic (exact) mass is 706 g/mol. The third-order valence-corrected chi connectivity index (χ3v) is 15.2. The zero-order valence-corrected chi connectivity index (χ0v) is 27.7. The minimum Gasteiger partial charge on any atom is -0.486 e. The van der Waals surface area contributed by atoms with Gasteiger partial charge in [0, 0.05) is 52.3 Å². The molecule has 0 aromatic heterocycles. The zero-order valence-electron chi connectivity index (χ0n) is 26.9. The van der Waals surface area contributed by atoms with Crippen molar-refractivity contribution in [2.24, 2.45) is 17.3 Å². The number of hydrogen-bond donors (Lipinski definition) is 3. The van der Waals surface area contributed by atoms with Gasteiger partial charge in [-0.15, -0.1) is 0 Å². The lowest BCUT2D eigenvalue weighted by Gasteiger charge is -2.58. The summed E-state index contributed by atoms with van der Waals surface area (Å²) < 4.78 is 90.6. The molecule has 14 heteroatoms. The van der Waals surface area contributed by atoms with E-state index in [4.69, 9.17) is 9.47 Å². The molecule has 1 aromatic rings. The SMILES string of the molecule is CN1CC[C@]23C4=C5O[C@H]2[C@@H](O)C=C[C@H]3[C@H]1CC4=CCC5(O)S(=O)(=O)C(F)(F)F.CN1CC[C@]23c4c5ccc(F)c4O[C@H]2[C@@H](O)C=C[C@H]3[C@H]1C5. The molecular formula is C35H38F4N2O7S. The van der Waals surface area contributed by atoms with E-state index in [1.165, 1.54) is 17.7 Å². The number of nitrogens with zero attached hydrogens (tertiary/aromatic N) is 2. The minimum absolute atomic E-state index is 0.0726. The van der Waals surface area contributed by atoms with Gasteiger partial charge in [0.25, 0.3) is 9.84 Å². The van der Waals surface area contributed by atoms with Crippen molar-refractivity contribution in [1.29, 1.82) is 0 Å². The first kappa shape index (κ1) is 32.2. The Bertz CT molecular complexity index is 1900. The number of rotatable bonds is 1. The molecule has 9 aliphatic rings. The smallest absolute Gasteiger partial charge is 0.486 e. The Hall–Kier alpha value is -2.75. The van der Waals surface area contributed by atoms with Gasteiger partial charge in [-0.05, 0) is 70.1 Å². The number of likely N-dealkylation sites (tertiary alicyclic amines) is 2. The maximum atomic E-state index is 14.2. The molecule has 9 nitrogen and oxygen atoms in total. The van der Waals surface area contributed by atoms with Gasteiger partial charge in [-0.3, -0.25) is 0 Å². The molecule has 0 amide bonds. The molecule has 1 unspecified atom stereocenters. The molecule has 10 rings (SSSR count). The number of alkyl halides is 3. The minimum atomic E-state index is -5.96. The molecule has 4 bridgehead atoms. The van der Waals surface area contributed by atoms with Gasteiger partial charge < -0.3 is 34.6 Å². The highest BCUT2D eigenvalue weighted by atomic mass is 32.2. The molecule has 4 heterocycles. The molecule has 11 atom stereocenters. The van der Waals surface area contributed by atoms with E-state index in [0.717, 1.165) is 30.5 Å². The van der Waals surface area contributed by atoms with Crippen molar-refractivity contribution >= 4 is 9.84 Å². The lowest BCUT2D eigenvalue weighted by Crippen LogP contribution is -2.64. The fourth-order valence-corrected chi connectivity index (χ4v) is 12.2. The maximum Gasteiger partial charge on any atom is 0.500 e. The van der Waals surface area contributed by atoms with Crippen molar-refractivity contribution in [1.82, 2.24) is 9.80 Å². The summed E-state index contributed by atoms with van der Waals surface area (Å²) in [5.41, 5.74) is -3.38. The zero-order chi connectivity index (χ0) is 34.6. The lowest BCUT2D eigenvalue weighted by atomic mass is 9.51. The van der Waals surface area contributed by atoms with Crippen LogP contribution in [0, 0.1) is 23.1 Å². The van der Waals surface area contributed by atoms with Gasteiger partial charge in [0.1, 0.15) is 30.2 Å². The third-order valence-electron chi connectivity index (χ3n) is 13.3. The highest BCUT2D eigenvalue weighted by molar-refractivity contribution is 7.93. The van der Waals surface area contributed by atoms with E-state index in [0.29, 0.717) is 42.7 Å². The molecule has 2 spiro atoms. The molecule has 2 saturated heterocycles. The van der Waals surface area contributed by atoms with Crippen LogP contribution >= 0.6 is 0 Å². The normalized spacial score (nSPS) is 43.9. The van der Waals surface area contributed by atoms with Gasteiger partial charge in [0.2, 0.25) is 4.93 Å².